The number of ether oxygens (including phenoxy) is 2. The third-order valence-electron chi connectivity index (χ3n) is 4.05. The van der Waals surface area contributed by atoms with Crippen LogP contribution in [-0.2, 0) is 4.74 Å². The molecule has 0 N–H and O–H groups in total. The van der Waals surface area contributed by atoms with Crippen molar-refractivity contribution in [1.29, 1.82) is 0 Å². The number of Topliss-reactive ketones (excluding diaryl/α,β-unsaturated/α-hetero) is 1. The van der Waals surface area contributed by atoms with Gasteiger partial charge in [-0.2, -0.15) is 0 Å². The fourth-order valence-electron chi connectivity index (χ4n) is 2.89. The Morgan fingerprint density at radius 3 is 2.60 bits per heavy atom. The Bertz CT molecular complexity index is 654. The summed E-state index contributed by atoms with van der Waals surface area (Å²) < 4.78 is 11.1. The number of benzene rings is 2. The molecule has 0 aliphatic carbocycles. The maximum atomic E-state index is 12.8. The Balaban J connectivity index is 2.15. The molecule has 1 saturated heterocycles. The molecular formula is C17H18O3. The van der Waals surface area contributed by atoms with Gasteiger partial charge in [-0.25, -0.2) is 0 Å². The van der Waals surface area contributed by atoms with E-state index in [1.807, 2.05) is 43.3 Å². The minimum atomic E-state index is -0.683. The first-order valence-electron chi connectivity index (χ1n) is 6.90. The summed E-state index contributed by atoms with van der Waals surface area (Å²) in [5.41, 5.74) is 0.0305. The minimum absolute atomic E-state index is 0.0638. The second-order valence-corrected chi connectivity index (χ2v) is 5.37. The van der Waals surface area contributed by atoms with Gasteiger partial charge in [0.15, 0.2) is 5.78 Å². The quantitative estimate of drug-likeness (QED) is 0.799. The Labute approximate surface area is 118 Å². The van der Waals surface area contributed by atoms with Gasteiger partial charge in [0.25, 0.3) is 0 Å². The van der Waals surface area contributed by atoms with Crippen molar-refractivity contribution >= 4 is 16.6 Å². The molecule has 0 saturated carbocycles. The van der Waals surface area contributed by atoms with Crippen molar-refractivity contribution in [3.8, 4) is 5.75 Å². The van der Waals surface area contributed by atoms with Gasteiger partial charge in [0.05, 0.1) is 7.11 Å². The highest BCUT2D eigenvalue weighted by atomic mass is 16.5. The normalized spacial score (nSPS) is 22.1. The topological polar surface area (TPSA) is 35.5 Å². The molecule has 0 radical (unpaired) electrons. The van der Waals surface area contributed by atoms with E-state index in [0.717, 1.165) is 29.4 Å². The van der Waals surface area contributed by atoms with Crippen molar-refractivity contribution in [2.45, 2.75) is 25.4 Å². The van der Waals surface area contributed by atoms with Gasteiger partial charge in [-0.15, -0.1) is 0 Å². The van der Waals surface area contributed by atoms with Crippen LogP contribution in [0.2, 0.25) is 0 Å². The highest BCUT2D eigenvalue weighted by Crippen LogP contribution is 2.34. The van der Waals surface area contributed by atoms with Gasteiger partial charge in [-0.1, -0.05) is 24.3 Å². The van der Waals surface area contributed by atoms with Crippen molar-refractivity contribution in [3.05, 3.63) is 42.0 Å². The molecule has 0 bridgehead atoms. The van der Waals surface area contributed by atoms with Gasteiger partial charge < -0.3 is 9.47 Å². The summed E-state index contributed by atoms with van der Waals surface area (Å²) in [6.45, 7) is 2.55. The minimum Gasteiger partial charge on any atom is -0.496 e. The molecule has 104 valence electrons. The SMILES string of the molecule is COc1ccc(C(=O)C2(C)CCCO2)c2ccccc12. The summed E-state index contributed by atoms with van der Waals surface area (Å²) in [7, 11) is 1.64. The average molecular weight is 270 g/mol. The number of fused-ring (bicyclic) bond motifs is 1. The number of hydrogen-bond acceptors (Lipinski definition) is 3. The standard InChI is InChI=1S/C17H18O3/c1-17(10-5-11-20-17)16(18)14-8-9-15(19-2)13-7-4-3-6-12(13)14/h3-4,6-9H,5,10-11H2,1-2H3. The molecule has 1 atom stereocenters. The van der Waals surface area contributed by atoms with Gasteiger partial charge in [0, 0.05) is 17.6 Å². The first-order chi connectivity index (χ1) is 9.65. The lowest BCUT2D eigenvalue weighted by atomic mass is 9.89. The summed E-state index contributed by atoms with van der Waals surface area (Å²) in [6, 6.07) is 11.5. The van der Waals surface area contributed by atoms with Crippen LogP contribution in [0.3, 0.4) is 0 Å². The molecule has 3 heteroatoms. The van der Waals surface area contributed by atoms with E-state index in [1.165, 1.54) is 0 Å². The molecule has 0 aromatic heterocycles. The third kappa shape index (κ3) is 1.98. The maximum Gasteiger partial charge on any atom is 0.194 e. The van der Waals surface area contributed by atoms with Crippen LogP contribution in [0.25, 0.3) is 10.8 Å². The number of rotatable bonds is 3. The van der Waals surface area contributed by atoms with Crippen molar-refractivity contribution in [1.82, 2.24) is 0 Å². The van der Waals surface area contributed by atoms with E-state index in [0.29, 0.717) is 12.2 Å². The zero-order valence-electron chi connectivity index (χ0n) is 11.8. The first-order valence-corrected chi connectivity index (χ1v) is 6.90. The number of hydrogen-bond donors (Lipinski definition) is 0. The Hall–Kier alpha value is -1.87. The van der Waals surface area contributed by atoms with Gasteiger partial charge in [-0.05, 0) is 37.3 Å². The second kappa shape index (κ2) is 4.91. The van der Waals surface area contributed by atoms with Crippen LogP contribution in [0.15, 0.2) is 36.4 Å². The van der Waals surface area contributed by atoms with Crippen LogP contribution < -0.4 is 4.74 Å². The molecule has 3 nitrogen and oxygen atoms in total. The van der Waals surface area contributed by atoms with E-state index >= 15 is 0 Å². The molecule has 1 aliphatic heterocycles. The van der Waals surface area contributed by atoms with E-state index < -0.39 is 5.60 Å². The smallest absolute Gasteiger partial charge is 0.194 e. The molecule has 2 aromatic carbocycles. The molecule has 0 amide bonds. The lowest BCUT2D eigenvalue weighted by Crippen LogP contribution is -2.34. The van der Waals surface area contributed by atoms with Crippen molar-refractivity contribution < 1.29 is 14.3 Å². The van der Waals surface area contributed by atoms with Crippen LogP contribution in [0.5, 0.6) is 5.75 Å². The summed E-state index contributed by atoms with van der Waals surface area (Å²) in [5.74, 6) is 0.850. The highest BCUT2D eigenvalue weighted by molar-refractivity contribution is 6.13. The molecule has 0 spiro atoms. The van der Waals surface area contributed by atoms with E-state index in [1.54, 1.807) is 7.11 Å². The monoisotopic (exact) mass is 270 g/mol. The first kappa shape index (κ1) is 13.1. The lowest BCUT2D eigenvalue weighted by molar-refractivity contribution is 0.0215. The highest BCUT2D eigenvalue weighted by Gasteiger charge is 2.38. The molecular weight excluding hydrogens is 252 g/mol. The molecule has 1 unspecified atom stereocenters. The van der Waals surface area contributed by atoms with E-state index in [-0.39, 0.29) is 5.78 Å². The molecule has 1 heterocycles. The van der Waals surface area contributed by atoms with E-state index in [2.05, 4.69) is 0 Å². The van der Waals surface area contributed by atoms with Crippen LogP contribution in [-0.4, -0.2) is 25.1 Å². The molecule has 2 aromatic rings. The summed E-state index contributed by atoms with van der Waals surface area (Å²) in [5, 5.41) is 1.89. The third-order valence-corrected chi connectivity index (χ3v) is 4.05. The summed E-state index contributed by atoms with van der Waals surface area (Å²) in [4.78, 5) is 12.8. The second-order valence-electron chi connectivity index (χ2n) is 5.37. The van der Waals surface area contributed by atoms with Crippen LogP contribution in [0, 0.1) is 0 Å². The number of methoxy groups -OCH3 is 1. The zero-order chi connectivity index (χ0) is 14.2. The van der Waals surface area contributed by atoms with Crippen molar-refractivity contribution in [2.24, 2.45) is 0 Å². The molecule has 20 heavy (non-hydrogen) atoms. The predicted octanol–water partition coefficient (Wildman–Crippen LogP) is 3.60. The van der Waals surface area contributed by atoms with E-state index in [4.69, 9.17) is 9.47 Å². The Kier molecular flexibility index (Phi) is 3.22. The maximum absolute atomic E-state index is 12.8. The fraction of sp³-hybridized carbons (Fsp3) is 0.353. The molecule has 1 fully saturated rings. The number of carbonyl (C=O) groups excluding carboxylic acids is 1. The van der Waals surface area contributed by atoms with Crippen LogP contribution in [0.1, 0.15) is 30.1 Å². The lowest BCUT2D eigenvalue weighted by Gasteiger charge is -2.22. The Morgan fingerprint density at radius 1 is 1.20 bits per heavy atom. The number of ketones is 1. The van der Waals surface area contributed by atoms with E-state index in [9.17, 15) is 4.79 Å². The van der Waals surface area contributed by atoms with Gasteiger partial charge in [-0.3, -0.25) is 4.79 Å². The zero-order valence-corrected chi connectivity index (χ0v) is 11.8. The van der Waals surface area contributed by atoms with Gasteiger partial charge >= 0.3 is 0 Å². The van der Waals surface area contributed by atoms with Crippen molar-refractivity contribution in [2.75, 3.05) is 13.7 Å². The van der Waals surface area contributed by atoms with Crippen LogP contribution in [0.4, 0.5) is 0 Å². The number of carbonyl (C=O) groups is 1. The Morgan fingerprint density at radius 2 is 1.95 bits per heavy atom. The van der Waals surface area contributed by atoms with Crippen LogP contribution >= 0.6 is 0 Å². The molecule has 1 aliphatic rings. The van der Waals surface area contributed by atoms with Crippen molar-refractivity contribution in [3.63, 3.8) is 0 Å². The van der Waals surface area contributed by atoms with Gasteiger partial charge in [0.1, 0.15) is 11.4 Å². The molecule has 3 rings (SSSR count). The summed E-state index contributed by atoms with van der Waals surface area (Å²) >= 11 is 0. The fourth-order valence-corrected chi connectivity index (χ4v) is 2.89. The largest absolute Gasteiger partial charge is 0.496 e. The van der Waals surface area contributed by atoms with Gasteiger partial charge in [0.2, 0.25) is 0 Å². The summed E-state index contributed by atoms with van der Waals surface area (Å²) in [6.07, 6.45) is 1.72. The average Bonchev–Trinajstić information content (AvgIpc) is 2.93. The predicted molar refractivity (Wildman–Crippen MR) is 78.4 cm³/mol.